The summed E-state index contributed by atoms with van der Waals surface area (Å²) in [5.41, 5.74) is 4.45. The van der Waals surface area contributed by atoms with Crippen LogP contribution in [0.25, 0.3) is 0 Å². The quantitative estimate of drug-likeness (QED) is 0.581. The van der Waals surface area contributed by atoms with E-state index in [0.29, 0.717) is 17.5 Å². The Morgan fingerprint density at radius 2 is 1.67 bits per heavy atom. The van der Waals surface area contributed by atoms with E-state index in [-0.39, 0.29) is 5.56 Å². The van der Waals surface area contributed by atoms with Gasteiger partial charge in [0.1, 0.15) is 17.5 Å². The summed E-state index contributed by atoms with van der Waals surface area (Å²) in [5, 5.41) is 15.6. The van der Waals surface area contributed by atoms with Crippen LogP contribution < -0.4 is 10.6 Å². The molecule has 0 atom stereocenters. The van der Waals surface area contributed by atoms with E-state index >= 15 is 0 Å². The van der Waals surface area contributed by atoms with Crippen LogP contribution in [0.4, 0.5) is 23.0 Å². The van der Waals surface area contributed by atoms with Crippen LogP contribution in [0.5, 0.6) is 0 Å². The Morgan fingerprint density at radius 3 is 2.30 bits per heavy atom. The maximum absolute atomic E-state index is 11.0. The molecular formula is C21H22N4O2. The van der Waals surface area contributed by atoms with Gasteiger partial charge in [0.15, 0.2) is 0 Å². The maximum Gasteiger partial charge on any atom is 0.335 e. The molecule has 0 amide bonds. The number of para-hydroxylation sites is 1. The highest BCUT2D eigenvalue weighted by Gasteiger charge is 2.08. The molecule has 2 aromatic carbocycles. The predicted octanol–water partition coefficient (Wildman–Crippen LogP) is 4.84. The van der Waals surface area contributed by atoms with Crippen molar-refractivity contribution in [3.05, 3.63) is 71.0 Å². The summed E-state index contributed by atoms with van der Waals surface area (Å²) in [6.07, 6.45) is 0.926. The van der Waals surface area contributed by atoms with Crippen molar-refractivity contribution in [2.45, 2.75) is 27.2 Å². The maximum atomic E-state index is 11.0. The summed E-state index contributed by atoms with van der Waals surface area (Å²) >= 11 is 0. The molecule has 0 radical (unpaired) electrons. The largest absolute Gasteiger partial charge is 0.478 e. The minimum absolute atomic E-state index is 0.244. The van der Waals surface area contributed by atoms with Gasteiger partial charge >= 0.3 is 5.97 Å². The fraction of sp³-hybridized carbons (Fsp3) is 0.190. The molecule has 6 nitrogen and oxygen atoms in total. The predicted molar refractivity (Wildman–Crippen MR) is 107 cm³/mol. The first kappa shape index (κ1) is 18.4. The zero-order valence-electron chi connectivity index (χ0n) is 15.6. The number of aromatic nitrogens is 2. The standard InChI is InChI=1S/C21H22N4O2/c1-4-15-7-5-6-13(2)20(15)25-19-12-18(22-14(3)23-19)24-17-10-8-16(9-11-17)21(26)27/h5-12H,4H2,1-3H3,(H,26,27)(H2,22,23,24,25). The van der Waals surface area contributed by atoms with E-state index in [1.54, 1.807) is 24.3 Å². The van der Waals surface area contributed by atoms with Gasteiger partial charge < -0.3 is 15.7 Å². The fourth-order valence-corrected chi connectivity index (χ4v) is 2.87. The molecule has 0 unspecified atom stereocenters. The lowest BCUT2D eigenvalue weighted by Crippen LogP contribution is -2.04. The first-order valence-electron chi connectivity index (χ1n) is 8.78. The van der Waals surface area contributed by atoms with Crippen molar-refractivity contribution in [3.8, 4) is 0 Å². The van der Waals surface area contributed by atoms with Gasteiger partial charge in [-0.3, -0.25) is 0 Å². The molecular weight excluding hydrogens is 340 g/mol. The van der Waals surface area contributed by atoms with Gasteiger partial charge in [-0.25, -0.2) is 14.8 Å². The Morgan fingerprint density at radius 1 is 1.00 bits per heavy atom. The van der Waals surface area contributed by atoms with Crippen LogP contribution in [0.2, 0.25) is 0 Å². The molecule has 1 aromatic heterocycles. The highest BCUT2D eigenvalue weighted by molar-refractivity contribution is 5.88. The third-order valence-corrected chi connectivity index (χ3v) is 4.24. The second-order valence-corrected chi connectivity index (χ2v) is 6.28. The molecule has 138 valence electrons. The zero-order valence-corrected chi connectivity index (χ0v) is 15.6. The Labute approximate surface area is 158 Å². The van der Waals surface area contributed by atoms with Crippen LogP contribution in [0, 0.1) is 13.8 Å². The number of carboxylic acids is 1. The van der Waals surface area contributed by atoms with Crippen LogP contribution in [0.1, 0.15) is 34.2 Å². The number of nitrogens with zero attached hydrogens (tertiary/aromatic N) is 2. The number of hydrogen-bond donors (Lipinski definition) is 3. The Hall–Kier alpha value is -3.41. The molecule has 0 saturated heterocycles. The molecule has 6 heteroatoms. The number of carbonyl (C=O) groups is 1. The minimum Gasteiger partial charge on any atom is -0.478 e. The molecule has 3 rings (SSSR count). The second kappa shape index (κ2) is 7.86. The van der Waals surface area contributed by atoms with E-state index in [4.69, 9.17) is 5.11 Å². The third-order valence-electron chi connectivity index (χ3n) is 4.24. The Kier molecular flexibility index (Phi) is 5.35. The Bertz CT molecular complexity index is 968. The normalized spacial score (nSPS) is 10.5. The number of carboxylic acid groups (broad SMARTS) is 1. The number of benzene rings is 2. The van der Waals surface area contributed by atoms with E-state index in [0.717, 1.165) is 23.4 Å². The number of anilines is 4. The number of rotatable bonds is 6. The van der Waals surface area contributed by atoms with Crippen molar-refractivity contribution in [1.82, 2.24) is 9.97 Å². The monoisotopic (exact) mass is 362 g/mol. The van der Waals surface area contributed by atoms with Crippen molar-refractivity contribution >= 4 is 29.0 Å². The lowest BCUT2D eigenvalue weighted by Gasteiger charge is -2.15. The van der Waals surface area contributed by atoms with Gasteiger partial charge in [0.25, 0.3) is 0 Å². The van der Waals surface area contributed by atoms with E-state index in [1.807, 2.05) is 13.0 Å². The molecule has 3 N–H and O–H groups in total. The van der Waals surface area contributed by atoms with E-state index < -0.39 is 5.97 Å². The summed E-state index contributed by atoms with van der Waals surface area (Å²) in [4.78, 5) is 19.9. The molecule has 27 heavy (non-hydrogen) atoms. The van der Waals surface area contributed by atoms with Crippen LogP contribution in [0.3, 0.4) is 0 Å². The van der Waals surface area contributed by atoms with Gasteiger partial charge in [0.2, 0.25) is 0 Å². The van der Waals surface area contributed by atoms with Gasteiger partial charge in [-0.1, -0.05) is 25.1 Å². The summed E-state index contributed by atoms with van der Waals surface area (Å²) in [6.45, 7) is 6.03. The van der Waals surface area contributed by atoms with Crippen LogP contribution in [0.15, 0.2) is 48.5 Å². The summed E-state index contributed by atoms with van der Waals surface area (Å²) in [5.74, 6) is 1.03. The molecule has 0 fully saturated rings. The molecule has 0 spiro atoms. The van der Waals surface area contributed by atoms with Crippen LogP contribution >= 0.6 is 0 Å². The first-order valence-corrected chi connectivity index (χ1v) is 8.78. The summed E-state index contributed by atoms with van der Waals surface area (Å²) < 4.78 is 0. The molecule has 0 aliphatic heterocycles. The zero-order chi connectivity index (χ0) is 19.4. The smallest absolute Gasteiger partial charge is 0.335 e. The lowest BCUT2D eigenvalue weighted by atomic mass is 10.1. The topological polar surface area (TPSA) is 87.1 Å². The van der Waals surface area contributed by atoms with Gasteiger partial charge in [-0.15, -0.1) is 0 Å². The second-order valence-electron chi connectivity index (χ2n) is 6.28. The van der Waals surface area contributed by atoms with E-state index in [2.05, 4.69) is 52.6 Å². The van der Waals surface area contributed by atoms with E-state index in [9.17, 15) is 4.79 Å². The third kappa shape index (κ3) is 4.41. The molecule has 0 aliphatic rings. The van der Waals surface area contributed by atoms with Crippen molar-refractivity contribution in [1.29, 1.82) is 0 Å². The highest BCUT2D eigenvalue weighted by Crippen LogP contribution is 2.26. The fourth-order valence-electron chi connectivity index (χ4n) is 2.87. The molecule has 1 heterocycles. The molecule has 0 bridgehead atoms. The SMILES string of the molecule is CCc1cccc(C)c1Nc1cc(Nc2ccc(C(=O)O)cc2)nc(C)n1. The lowest BCUT2D eigenvalue weighted by molar-refractivity contribution is 0.0697. The van der Waals surface area contributed by atoms with Gasteiger partial charge in [0, 0.05) is 17.4 Å². The Balaban J connectivity index is 1.85. The van der Waals surface area contributed by atoms with Crippen LogP contribution in [-0.2, 0) is 6.42 Å². The number of aryl methyl sites for hydroxylation is 3. The van der Waals surface area contributed by atoms with Gasteiger partial charge in [0.05, 0.1) is 5.56 Å². The first-order chi connectivity index (χ1) is 13.0. The van der Waals surface area contributed by atoms with Crippen LogP contribution in [-0.4, -0.2) is 21.0 Å². The van der Waals surface area contributed by atoms with Crippen molar-refractivity contribution in [2.75, 3.05) is 10.6 Å². The van der Waals surface area contributed by atoms with Crippen molar-refractivity contribution in [2.24, 2.45) is 0 Å². The minimum atomic E-state index is -0.948. The number of hydrogen-bond acceptors (Lipinski definition) is 5. The summed E-state index contributed by atoms with van der Waals surface area (Å²) in [6, 6.07) is 14.6. The van der Waals surface area contributed by atoms with Crippen molar-refractivity contribution < 1.29 is 9.90 Å². The molecule has 3 aromatic rings. The highest BCUT2D eigenvalue weighted by atomic mass is 16.4. The molecule has 0 saturated carbocycles. The average Bonchev–Trinajstić information content (AvgIpc) is 2.63. The average molecular weight is 362 g/mol. The number of aromatic carboxylic acids is 1. The van der Waals surface area contributed by atoms with Gasteiger partial charge in [-0.05, 0) is 55.7 Å². The molecule has 0 aliphatic carbocycles. The summed E-state index contributed by atoms with van der Waals surface area (Å²) in [7, 11) is 0. The number of nitrogens with one attached hydrogen (secondary N) is 2. The van der Waals surface area contributed by atoms with E-state index in [1.165, 1.54) is 5.56 Å². The van der Waals surface area contributed by atoms with Gasteiger partial charge in [-0.2, -0.15) is 0 Å². The van der Waals surface area contributed by atoms with Crippen molar-refractivity contribution in [3.63, 3.8) is 0 Å².